The fraction of sp³-hybridized carbons (Fsp3) is 0.938. The lowest BCUT2D eigenvalue weighted by atomic mass is 9.61. The Morgan fingerprint density at radius 3 is 2.39 bits per heavy atom. The molecule has 0 aromatic rings. The molecule has 18 heavy (non-hydrogen) atoms. The van der Waals surface area contributed by atoms with Crippen LogP contribution in [0.5, 0.6) is 0 Å². The zero-order valence-corrected chi connectivity index (χ0v) is 12.5. The van der Waals surface area contributed by atoms with E-state index in [0.29, 0.717) is 12.3 Å². The van der Waals surface area contributed by atoms with Crippen molar-refractivity contribution in [1.82, 2.24) is 0 Å². The Kier molecular flexibility index (Phi) is 3.17. The summed E-state index contributed by atoms with van der Waals surface area (Å²) in [5.41, 5.74) is -1.22. The van der Waals surface area contributed by atoms with E-state index in [9.17, 15) is 9.90 Å². The van der Waals surface area contributed by atoms with Crippen LogP contribution in [0.2, 0.25) is 0 Å². The molecule has 104 valence electrons. The molecule has 0 spiro atoms. The number of hydrogen-bond acceptors (Lipinski definition) is 2. The second-order valence-electron chi connectivity index (χ2n) is 7.41. The van der Waals surface area contributed by atoms with Crippen LogP contribution < -0.4 is 0 Å². The number of rotatable bonds is 4. The van der Waals surface area contributed by atoms with Crippen molar-refractivity contribution in [3.8, 4) is 0 Å². The Morgan fingerprint density at radius 2 is 2.00 bits per heavy atom. The van der Waals surface area contributed by atoms with Gasteiger partial charge in [-0.15, -0.1) is 0 Å². The molecule has 2 aliphatic rings. The molecule has 1 unspecified atom stereocenters. The molecule has 2 nitrogen and oxygen atoms in total. The van der Waals surface area contributed by atoms with E-state index in [1.807, 2.05) is 6.92 Å². The molecule has 1 N–H and O–H groups in total. The quantitative estimate of drug-likeness (QED) is 0.830. The van der Waals surface area contributed by atoms with E-state index in [1.165, 1.54) is 6.42 Å². The molecule has 0 aromatic carbocycles. The summed E-state index contributed by atoms with van der Waals surface area (Å²) in [6.07, 6.45) is 4.74. The molecule has 2 saturated carbocycles. The highest BCUT2D eigenvalue weighted by Crippen LogP contribution is 2.70. The predicted octanol–water partition coefficient (Wildman–Crippen LogP) is 3.57. The minimum Gasteiger partial charge on any atom is -0.381 e. The molecule has 2 aliphatic carbocycles. The van der Waals surface area contributed by atoms with Crippen LogP contribution in [0.1, 0.15) is 66.7 Å². The molecule has 4 atom stereocenters. The Hall–Kier alpha value is -0.370. The fourth-order valence-electron chi connectivity index (χ4n) is 4.62. The van der Waals surface area contributed by atoms with Gasteiger partial charge in [-0.05, 0) is 37.0 Å². The van der Waals surface area contributed by atoms with Crippen molar-refractivity contribution in [2.45, 2.75) is 72.3 Å². The number of carbonyl (C=O) groups excluding carboxylic acids is 1. The fourth-order valence-corrected chi connectivity index (χ4v) is 4.62. The third kappa shape index (κ3) is 1.47. The van der Waals surface area contributed by atoms with Gasteiger partial charge in [0.2, 0.25) is 0 Å². The average molecular weight is 252 g/mol. The molecule has 0 amide bonds. The summed E-state index contributed by atoms with van der Waals surface area (Å²) in [6, 6.07) is 0. The van der Waals surface area contributed by atoms with Crippen LogP contribution >= 0.6 is 0 Å². The largest absolute Gasteiger partial charge is 0.381 e. The smallest absolute Gasteiger partial charge is 0.167 e. The van der Waals surface area contributed by atoms with Crippen LogP contribution in [0.15, 0.2) is 0 Å². The van der Waals surface area contributed by atoms with Crippen LogP contribution in [0.4, 0.5) is 0 Å². The first-order valence-corrected chi connectivity index (χ1v) is 7.47. The van der Waals surface area contributed by atoms with Crippen LogP contribution in [0.25, 0.3) is 0 Å². The molecule has 2 rings (SSSR count). The summed E-state index contributed by atoms with van der Waals surface area (Å²) >= 11 is 0. The summed E-state index contributed by atoms with van der Waals surface area (Å²) < 4.78 is 0. The molecule has 0 heterocycles. The summed E-state index contributed by atoms with van der Waals surface area (Å²) in [4.78, 5) is 12.7. The third-order valence-corrected chi connectivity index (χ3v) is 6.47. The van der Waals surface area contributed by atoms with E-state index in [1.54, 1.807) is 0 Å². The van der Waals surface area contributed by atoms with E-state index in [0.717, 1.165) is 19.3 Å². The maximum atomic E-state index is 12.7. The Labute approximate surface area is 111 Å². The number of hydrogen-bond donors (Lipinski definition) is 1. The van der Waals surface area contributed by atoms with Crippen LogP contribution in [-0.4, -0.2) is 16.5 Å². The molecule has 2 fully saturated rings. The molecule has 2 bridgehead atoms. The number of aliphatic hydroxyl groups is 1. The highest BCUT2D eigenvalue weighted by atomic mass is 16.3. The van der Waals surface area contributed by atoms with E-state index < -0.39 is 5.60 Å². The summed E-state index contributed by atoms with van der Waals surface area (Å²) in [6.45, 7) is 10.7. The van der Waals surface area contributed by atoms with Crippen molar-refractivity contribution >= 4 is 5.78 Å². The van der Waals surface area contributed by atoms with E-state index in [4.69, 9.17) is 0 Å². The second kappa shape index (κ2) is 4.06. The van der Waals surface area contributed by atoms with Gasteiger partial charge in [-0.2, -0.15) is 0 Å². The molecule has 0 saturated heterocycles. The SMILES string of the molecule is CCCC(C)C(=O)[C@@]1(O)C[C@H]2CC[C@]1(C)C2(C)C. The van der Waals surface area contributed by atoms with Gasteiger partial charge in [-0.25, -0.2) is 0 Å². The molecule has 0 radical (unpaired) electrons. The minimum atomic E-state index is -1.08. The van der Waals surface area contributed by atoms with Gasteiger partial charge in [0.05, 0.1) is 0 Å². The summed E-state index contributed by atoms with van der Waals surface area (Å²) in [5, 5.41) is 11.1. The van der Waals surface area contributed by atoms with Crippen molar-refractivity contribution in [1.29, 1.82) is 0 Å². The lowest BCUT2D eigenvalue weighted by Crippen LogP contribution is -2.54. The lowest BCUT2D eigenvalue weighted by molar-refractivity contribution is -0.159. The Balaban J connectivity index is 2.31. The van der Waals surface area contributed by atoms with Crippen molar-refractivity contribution in [2.24, 2.45) is 22.7 Å². The topological polar surface area (TPSA) is 37.3 Å². The zero-order valence-electron chi connectivity index (χ0n) is 12.5. The van der Waals surface area contributed by atoms with Crippen molar-refractivity contribution in [3.63, 3.8) is 0 Å². The Morgan fingerprint density at radius 1 is 1.39 bits per heavy atom. The van der Waals surface area contributed by atoms with Gasteiger partial charge in [-0.1, -0.05) is 41.0 Å². The van der Waals surface area contributed by atoms with Gasteiger partial charge < -0.3 is 5.11 Å². The van der Waals surface area contributed by atoms with Crippen molar-refractivity contribution in [3.05, 3.63) is 0 Å². The second-order valence-corrected chi connectivity index (χ2v) is 7.41. The van der Waals surface area contributed by atoms with Gasteiger partial charge in [0.15, 0.2) is 5.78 Å². The predicted molar refractivity (Wildman–Crippen MR) is 73.3 cm³/mol. The monoisotopic (exact) mass is 252 g/mol. The van der Waals surface area contributed by atoms with Gasteiger partial charge in [0.25, 0.3) is 0 Å². The molecule has 2 heteroatoms. The highest BCUT2D eigenvalue weighted by Gasteiger charge is 2.71. The van der Waals surface area contributed by atoms with Crippen LogP contribution in [-0.2, 0) is 4.79 Å². The third-order valence-electron chi connectivity index (χ3n) is 6.47. The average Bonchev–Trinajstić information content (AvgIpc) is 2.60. The lowest BCUT2D eigenvalue weighted by Gasteiger charge is -2.45. The maximum Gasteiger partial charge on any atom is 0.167 e. The van der Waals surface area contributed by atoms with E-state index >= 15 is 0 Å². The van der Waals surface area contributed by atoms with Gasteiger partial charge >= 0.3 is 0 Å². The van der Waals surface area contributed by atoms with Gasteiger partial charge in [0, 0.05) is 11.3 Å². The number of Topliss-reactive ketones (excluding diaryl/α,β-unsaturated/α-hetero) is 1. The maximum absolute atomic E-state index is 12.7. The number of fused-ring (bicyclic) bond motifs is 2. The summed E-state index contributed by atoms with van der Waals surface area (Å²) in [7, 11) is 0. The van der Waals surface area contributed by atoms with Crippen molar-refractivity contribution in [2.75, 3.05) is 0 Å². The standard InChI is InChI=1S/C16H28O2/c1-6-7-11(2)13(17)16(18)10-12-8-9-15(16,5)14(12,3)4/h11-12,18H,6-10H2,1-5H3/t11?,12-,15-,16+/m1/s1. The molecular weight excluding hydrogens is 224 g/mol. The van der Waals surface area contributed by atoms with E-state index in [-0.39, 0.29) is 22.5 Å². The summed E-state index contributed by atoms with van der Waals surface area (Å²) in [5.74, 6) is 0.597. The number of ketones is 1. The Bertz CT molecular complexity index is 360. The van der Waals surface area contributed by atoms with Crippen molar-refractivity contribution < 1.29 is 9.90 Å². The van der Waals surface area contributed by atoms with Crippen LogP contribution in [0.3, 0.4) is 0 Å². The highest BCUT2D eigenvalue weighted by molar-refractivity contribution is 5.90. The number of carbonyl (C=O) groups is 1. The van der Waals surface area contributed by atoms with Gasteiger partial charge in [0.1, 0.15) is 5.60 Å². The molecular formula is C16H28O2. The van der Waals surface area contributed by atoms with Crippen LogP contribution in [0, 0.1) is 22.7 Å². The molecule has 0 aromatic heterocycles. The molecule has 0 aliphatic heterocycles. The first kappa shape index (κ1) is 14.0. The van der Waals surface area contributed by atoms with E-state index in [2.05, 4.69) is 27.7 Å². The van der Waals surface area contributed by atoms with Gasteiger partial charge in [-0.3, -0.25) is 4.79 Å². The first-order valence-electron chi connectivity index (χ1n) is 7.47. The zero-order chi connectivity index (χ0) is 13.8. The first-order chi connectivity index (χ1) is 8.20. The minimum absolute atomic E-state index is 0.00743. The normalized spacial score (nSPS) is 43.1.